The van der Waals surface area contributed by atoms with Crippen molar-refractivity contribution in [3.05, 3.63) is 0 Å². The first-order chi connectivity index (χ1) is 5.54. The predicted molar refractivity (Wildman–Crippen MR) is 53.6 cm³/mol. The highest BCUT2D eigenvalue weighted by Gasteiger charge is 2.37. The molecular weight excluding hydrogens is 190 g/mol. The van der Waals surface area contributed by atoms with Crippen LogP contribution < -0.4 is 5.73 Å². The summed E-state index contributed by atoms with van der Waals surface area (Å²) in [6.07, 6.45) is 4.12. The zero-order valence-corrected chi connectivity index (χ0v) is 9.02. The molecule has 1 aliphatic rings. The van der Waals surface area contributed by atoms with Crippen LogP contribution in [-0.4, -0.2) is 11.7 Å². The van der Waals surface area contributed by atoms with Gasteiger partial charge in [-0.3, -0.25) is 10.5 Å². The quantitative estimate of drug-likeness (QED) is 0.527. The highest BCUT2D eigenvalue weighted by molar-refractivity contribution is 5.85. The van der Waals surface area contributed by atoms with Crippen molar-refractivity contribution in [2.75, 3.05) is 0 Å². The average molecular weight is 208 g/mol. The van der Waals surface area contributed by atoms with Crippen LogP contribution in [0, 0.1) is 5.92 Å². The minimum absolute atomic E-state index is 0. The van der Waals surface area contributed by atoms with Crippen LogP contribution >= 0.6 is 12.4 Å². The Bertz CT molecular complexity index is 186. The lowest BCUT2D eigenvalue weighted by Crippen LogP contribution is -2.51. The fraction of sp³-hybridized carbons (Fsp3) is 0.889. The Hall–Kier alpha value is -0.280. The SMILES string of the molecule is CC(=O)OC1(N)CCCCC1C.Cl. The number of hydrogen-bond donors (Lipinski definition) is 1. The summed E-state index contributed by atoms with van der Waals surface area (Å²) < 4.78 is 5.13. The molecule has 0 spiro atoms. The molecule has 2 unspecified atom stereocenters. The van der Waals surface area contributed by atoms with Crippen molar-refractivity contribution < 1.29 is 9.53 Å². The molecule has 3 nitrogen and oxygen atoms in total. The largest absolute Gasteiger partial charge is 0.444 e. The van der Waals surface area contributed by atoms with E-state index < -0.39 is 5.72 Å². The van der Waals surface area contributed by atoms with Crippen LogP contribution in [0.1, 0.15) is 39.5 Å². The van der Waals surface area contributed by atoms with Gasteiger partial charge in [-0.25, -0.2) is 0 Å². The third kappa shape index (κ3) is 3.16. The fourth-order valence-corrected chi connectivity index (χ4v) is 1.76. The van der Waals surface area contributed by atoms with Crippen LogP contribution in [0.2, 0.25) is 0 Å². The second kappa shape index (κ2) is 4.82. The molecule has 0 heterocycles. The molecule has 0 saturated heterocycles. The van der Waals surface area contributed by atoms with Gasteiger partial charge in [0.15, 0.2) is 5.72 Å². The molecule has 13 heavy (non-hydrogen) atoms. The molecule has 0 bridgehead atoms. The molecule has 0 aromatic rings. The summed E-state index contributed by atoms with van der Waals surface area (Å²) in [5.74, 6) is 0.0152. The Balaban J connectivity index is 0.00000144. The maximum atomic E-state index is 10.8. The zero-order chi connectivity index (χ0) is 9.19. The lowest BCUT2D eigenvalue weighted by Gasteiger charge is -2.38. The van der Waals surface area contributed by atoms with Gasteiger partial charge in [0.1, 0.15) is 0 Å². The third-order valence-corrected chi connectivity index (χ3v) is 2.62. The summed E-state index contributed by atoms with van der Waals surface area (Å²) >= 11 is 0. The predicted octanol–water partition coefficient (Wildman–Crippen LogP) is 1.84. The summed E-state index contributed by atoms with van der Waals surface area (Å²) in [5.41, 5.74) is 5.27. The molecule has 1 rings (SSSR count). The molecule has 0 amide bonds. The lowest BCUT2D eigenvalue weighted by molar-refractivity contribution is -0.166. The highest BCUT2D eigenvalue weighted by Crippen LogP contribution is 2.32. The van der Waals surface area contributed by atoms with Crippen LogP contribution in [0.4, 0.5) is 0 Å². The fourth-order valence-electron chi connectivity index (χ4n) is 1.76. The molecule has 1 fully saturated rings. The van der Waals surface area contributed by atoms with Crippen molar-refractivity contribution in [3.63, 3.8) is 0 Å². The van der Waals surface area contributed by atoms with E-state index >= 15 is 0 Å². The summed E-state index contributed by atoms with van der Waals surface area (Å²) in [6.45, 7) is 3.46. The van der Waals surface area contributed by atoms with Crippen molar-refractivity contribution in [2.45, 2.75) is 45.3 Å². The van der Waals surface area contributed by atoms with Gasteiger partial charge in [-0.1, -0.05) is 13.3 Å². The van der Waals surface area contributed by atoms with E-state index in [1.807, 2.05) is 6.92 Å². The molecule has 78 valence electrons. The lowest BCUT2D eigenvalue weighted by atomic mass is 9.83. The number of halogens is 1. The highest BCUT2D eigenvalue weighted by atomic mass is 35.5. The van der Waals surface area contributed by atoms with Crippen molar-refractivity contribution in [3.8, 4) is 0 Å². The van der Waals surface area contributed by atoms with Crippen LogP contribution in [0.25, 0.3) is 0 Å². The number of esters is 1. The Kier molecular flexibility index (Phi) is 4.71. The first-order valence-electron chi connectivity index (χ1n) is 4.53. The molecule has 0 aromatic heterocycles. The summed E-state index contributed by atoms with van der Waals surface area (Å²) in [4.78, 5) is 10.8. The van der Waals surface area contributed by atoms with Gasteiger partial charge in [0, 0.05) is 19.3 Å². The first-order valence-corrected chi connectivity index (χ1v) is 4.53. The van der Waals surface area contributed by atoms with Gasteiger partial charge in [0.05, 0.1) is 0 Å². The Morgan fingerprint density at radius 1 is 1.54 bits per heavy atom. The Morgan fingerprint density at radius 2 is 2.15 bits per heavy atom. The smallest absolute Gasteiger partial charge is 0.304 e. The minimum atomic E-state index is -0.690. The van der Waals surface area contributed by atoms with Gasteiger partial charge in [0.25, 0.3) is 0 Å². The Morgan fingerprint density at radius 3 is 2.62 bits per heavy atom. The first kappa shape index (κ1) is 12.7. The molecule has 0 aromatic carbocycles. The van der Waals surface area contributed by atoms with Crippen molar-refractivity contribution in [1.82, 2.24) is 0 Å². The molecular formula is C9H18ClNO2. The second-order valence-electron chi connectivity index (χ2n) is 3.70. The number of carbonyl (C=O) groups excluding carboxylic acids is 1. The zero-order valence-electron chi connectivity index (χ0n) is 8.21. The monoisotopic (exact) mass is 207 g/mol. The normalized spacial score (nSPS) is 33.3. The van der Waals surface area contributed by atoms with E-state index in [-0.39, 0.29) is 24.3 Å². The van der Waals surface area contributed by atoms with Crippen molar-refractivity contribution in [1.29, 1.82) is 0 Å². The average Bonchev–Trinajstić information content (AvgIpc) is 1.94. The van der Waals surface area contributed by atoms with Gasteiger partial charge in [-0.2, -0.15) is 0 Å². The van der Waals surface area contributed by atoms with Gasteiger partial charge in [-0.15, -0.1) is 12.4 Å². The maximum Gasteiger partial charge on any atom is 0.304 e. The van der Waals surface area contributed by atoms with E-state index in [4.69, 9.17) is 10.5 Å². The van der Waals surface area contributed by atoms with Crippen LogP contribution in [0.5, 0.6) is 0 Å². The maximum absolute atomic E-state index is 10.8. The molecule has 2 atom stereocenters. The van der Waals surface area contributed by atoms with Gasteiger partial charge < -0.3 is 4.74 Å². The summed E-state index contributed by atoms with van der Waals surface area (Å²) in [5, 5.41) is 0. The van der Waals surface area contributed by atoms with E-state index in [0.717, 1.165) is 19.3 Å². The summed E-state index contributed by atoms with van der Waals surface area (Å²) in [7, 11) is 0. The minimum Gasteiger partial charge on any atom is -0.444 e. The number of carbonyl (C=O) groups is 1. The molecule has 1 saturated carbocycles. The van der Waals surface area contributed by atoms with E-state index in [1.165, 1.54) is 13.3 Å². The van der Waals surface area contributed by atoms with E-state index in [2.05, 4.69) is 0 Å². The van der Waals surface area contributed by atoms with Gasteiger partial charge in [0.2, 0.25) is 0 Å². The number of rotatable bonds is 1. The second-order valence-corrected chi connectivity index (χ2v) is 3.70. The Labute approximate surface area is 85.4 Å². The standard InChI is InChI=1S/C9H17NO2.ClH/c1-7-5-3-4-6-9(7,10)12-8(2)11;/h7H,3-6,10H2,1-2H3;1H. The van der Waals surface area contributed by atoms with Crippen LogP contribution in [0.3, 0.4) is 0 Å². The van der Waals surface area contributed by atoms with Crippen molar-refractivity contribution >= 4 is 18.4 Å². The van der Waals surface area contributed by atoms with Gasteiger partial charge >= 0.3 is 5.97 Å². The van der Waals surface area contributed by atoms with Crippen molar-refractivity contribution in [2.24, 2.45) is 11.7 Å². The molecule has 1 aliphatic carbocycles. The van der Waals surface area contributed by atoms with Crippen LogP contribution in [-0.2, 0) is 9.53 Å². The molecule has 4 heteroatoms. The molecule has 0 aliphatic heterocycles. The third-order valence-electron chi connectivity index (χ3n) is 2.62. The molecule has 0 radical (unpaired) electrons. The van der Waals surface area contributed by atoms with E-state index in [0.29, 0.717) is 0 Å². The van der Waals surface area contributed by atoms with E-state index in [9.17, 15) is 4.79 Å². The van der Waals surface area contributed by atoms with Crippen LogP contribution in [0.15, 0.2) is 0 Å². The van der Waals surface area contributed by atoms with E-state index in [1.54, 1.807) is 0 Å². The molecule has 2 N–H and O–H groups in total. The van der Waals surface area contributed by atoms with Gasteiger partial charge in [-0.05, 0) is 12.8 Å². The number of hydrogen-bond acceptors (Lipinski definition) is 3. The number of nitrogens with two attached hydrogens (primary N) is 1. The topological polar surface area (TPSA) is 52.3 Å². The number of ether oxygens (including phenoxy) is 1. The summed E-state index contributed by atoms with van der Waals surface area (Å²) in [6, 6.07) is 0.